The molecule has 4 rings (SSSR count). The van der Waals surface area contributed by atoms with E-state index in [0.717, 1.165) is 35.5 Å². The Bertz CT molecular complexity index is 647. The summed E-state index contributed by atoms with van der Waals surface area (Å²) < 4.78 is 6.25. The molecule has 1 nitrogen and oxygen atoms in total. The quantitative estimate of drug-likeness (QED) is 0.368. The van der Waals surface area contributed by atoms with Crippen LogP contribution < -0.4 is 0 Å². The summed E-state index contributed by atoms with van der Waals surface area (Å²) in [6.07, 6.45) is 19.0. The largest absolute Gasteiger partial charge is 0.375 e. The van der Waals surface area contributed by atoms with Gasteiger partial charge in [0.15, 0.2) is 0 Å². The van der Waals surface area contributed by atoms with E-state index in [1.807, 2.05) is 0 Å². The predicted octanol–water partition coefficient (Wildman–Crippen LogP) is 8.82. The van der Waals surface area contributed by atoms with E-state index in [4.69, 9.17) is 4.74 Å². The van der Waals surface area contributed by atoms with Crippen molar-refractivity contribution < 1.29 is 4.74 Å². The molecular formula is C30H52O. The molecule has 0 bridgehead atoms. The Morgan fingerprint density at radius 2 is 1.71 bits per heavy atom. The third-order valence-corrected chi connectivity index (χ3v) is 10.7. The highest BCUT2D eigenvalue weighted by Gasteiger charge is 2.59. The zero-order valence-electron chi connectivity index (χ0n) is 21.9. The molecule has 0 aromatic rings. The fourth-order valence-electron chi connectivity index (χ4n) is 9.15. The molecule has 0 N–H and O–H groups in total. The third kappa shape index (κ3) is 4.43. The summed E-state index contributed by atoms with van der Waals surface area (Å²) >= 11 is 0. The fraction of sp³-hybridized carbons (Fsp3) is 0.933. The molecule has 0 radical (unpaired) electrons. The Labute approximate surface area is 194 Å². The lowest BCUT2D eigenvalue weighted by Gasteiger charge is -2.58. The maximum atomic E-state index is 6.25. The third-order valence-electron chi connectivity index (χ3n) is 10.7. The van der Waals surface area contributed by atoms with Crippen molar-refractivity contribution in [2.45, 2.75) is 131 Å². The first kappa shape index (κ1) is 23.8. The number of hydrogen-bond acceptors (Lipinski definition) is 1. The summed E-state index contributed by atoms with van der Waals surface area (Å²) in [6, 6.07) is 0. The molecule has 0 aliphatic heterocycles. The Balaban J connectivity index is 1.46. The van der Waals surface area contributed by atoms with E-state index < -0.39 is 0 Å². The van der Waals surface area contributed by atoms with E-state index in [9.17, 15) is 0 Å². The van der Waals surface area contributed by atoms with E-state index in [1.54, 1.807) is 5.57 Å². The molecule has 0 amide bonds. The number of allylic oxidation sites excluding steroid dienone is 1. The summed E-state index contributed by atoms with van der Waals surface area (Å²) in [5, 5.41) is 0. The van der Waals surface area contributed by atoms with E-state index >= 15 is 0 Å². The summed E-state index contributed by atoms with van der Waals surface area (Å²) in [5.41, 5.74) is 2.84. The summed E-state index contributed by atoms with van der Waals surface area (Å²) in [5.74, 6) is 5.60. The SMILES string of the molecule is CC(C)CCC[C@@H](C)[C@H]1CC[C@H]2[C@@H]3CC=C4CC(OC(C)C)CC[C@]4(C)[C@H]3CC[C@]12C. The van der Waals surface area contributed by atoms with E-state index in [1.165, 1.54) is 70.6 Å². The van der Waals surface area contributed by atoms with Gasteiger partial charge in [-0.15, -0.1) is 0 Å². The normalized spacial score (nSPS) is 43.4. The second-order valence-electron chi connectivity index (χ2n) is 13.3. The predicted molar refractivity (Wildman–Crippen MR) is 133 cm³/mol. The van der Waals surface area contributed by atoms with Crippen LogP contribution in [-0.2, 0) is 4.74 Å². The Hall–Kier alpha value is -0.300. The fourth-order valence-corrected chi connectivity index (χ4v) is 9.15. The van der Waals surface area contributed by atoms with Crippen LogP contribution in [-0.4, -0.2) is 12.2 Å². The molecule has 4 aliphatic rings. The van der Waals surface area contributed by atoms with Gasteiger partial charge in [0.1, 0.15) is 0 Å². The minimum absolute atomic E-state index is 0.361. The smallest absolute Gasteiger partial charge is 0.0616 e. The minimum Gasteiger partial charge on any atom is -0.375 e. The Kier molecular flexibility index (Phi) is 7.04. The molecule has 178 valence electrons. The van der Waals surface area contributed by atoms with Crippen LogP contribution in [0.15, 0.2) is 11.6 Å². The molecule has 3 saturated carbocycles. The average Bonchev–Trinajstić information content (AvgIpc) is 3.05. The van der Waals surface area contributed by atoms with Crippen LogP contribution in [0.2, 0.25) is 0 Å². The molecule has 3 fully saturated rings. The van der Waals surface area contributed by atoms with Gasteiger partial charge in [0.2, 0.25) is 0 Å². The van der Waals surface area contributed by atoms with Gasteiger partial charge in [-0.1, -0.05) is 65.5 Å². The molecule has 4 aliphatic carbocycles. The van der Waals surface area contributed by atoms with Gasteiger partial charge >= 0.3 is 0 Å². The van der Waals surface area contributed by atoms with Gasteiger partial charge in [-0.2, -0.15) is 0 Å². The lowest BCUT2D eigenvalue weighted by molar-refractivity contribution is -0.0707. The van der Waals surface area contributed by atoms with Gasteiger partial charge in [0, 0.05) is 0 Å². The monoisotopic (exact) mass is 428 g/mol. The van der Waals surface area contributed by atoms with E-state index in [0.29, 0.717) is 23.0 Å². The van der Waals surface area contributed by atoms with Crippen molar-refractivity contribution in [1.82, 2.24) is 0 Å². The van der Waals surface area contributed by atoms with Crippen molar-refractivity contribution in [3.8, 4) is 0 Å². The van der Waals surface area contributed by atoms with Gasteiger partial charge in [-0.05, 0) is 112 Å². The zero-order chi connectivity index (χ0) is 22.4. The standard InChI is InChI=1S/C30H52O/c1-20(2)9-8-10-22(5)26-13-14-27-25-12-11-23-19-24(31-21(3)4)15-17-29(23,6)28(25)16-18-30(26,27)7/h11,20-22,24-28H,8-10,12-19H2,1-7H3/t22-,24?,25+,26-,27+,28+,29+,30-/m1/s1. The number of rotatable bonds is 7. The van der Waals surface area contributed by atoms with Crippen molar-refractivity contribution >= 4 is 0 Å². The maximum absolute atomic E-state index is 6.25. The maximum Gasteiger partial charge on any atom is 0.0616 e. The van der Waals surface area contributed by atoms with Crippen LogP contribution in [0, 0.1) is 46.3 Å². The molecule has 0 heterocycles. The topological polar surface area (TPSA) is 9.23 Å². The van der Waals surface area contributed by atoms with Gasteiger partial charge in [-0.3, -0.25) is 0 Å². The van der Waals surface area contributed by atoms with Crippen LogP contribution in [0.4, 0.5) is 0 Å². The second kappa shape index (κ2) is 9.15. The summed E-state index contributed by atoms with van der Waals surface area (Å²) in [4.78, 5) is 0. The van der Waals surface area contributed by atoms with Gasteiger partial charge in [0.25, 0.3) is 0 Å². The molecule has 0 aromatic heterocycles. The molecular weight excluding hydrogens is 376 g/mol. The van der Waals surface area contributed by atoms with Crippen molar-refractivity contribution in [2.24, 2.45) is 46.3 Å². The summed E-state index contributed by atoms with van der Waals surface area (Å²) in [6.45, 7) is 17.1. The van der Waals surface area contributed by atoms with Crippen LogP contribution in [0.5, 0.6) is 0 Å². The minimum atomic E-state index is 0.361. The molecule has 8 atom stereocenters. The first-order valence-electron chi connectivity index (χ1n) is 14.0. The van der Waals surface area contributed by atoms with Crippen LogP contribution >= 0.6 is 0 Å². The second-order valence-corrected chi connectivity index (χ2v) is 13.3. The van der Waals surface area contributed by atoms with E-state index in [-0.39, 0.29) is 0 Å². The lowest BCUT2D eigenvalue weighted by atomic mass is 9.47. The zero-order valence-corrected chi connectivity index (χ0v) is 21.9. The first-order chi connectivity index (χ1) is 14.6. The molecule has 1 unspecified atom stereocenters. The molecule has 0 spiro atoms. The van der Waals surface area contributed by atoms with Crippen molar-refractivity contribution in [3.05, 3.63) is 11.6 Å². The van der Waals surface area contributed by atoms with Gasteiger partial charge in [0.05, 0.1) is 12.2 Å². The average molecular weight is 429 g/mol. The number of hydrogen-bond donors (Lipinski definition) is 0. The van der Waals surface area contributed by atoms with Crippen LogP contribution in [0.1, 0.15) is 119 Å². The molecule has 31 heavy (non-hydrogen) atoms. The molecule has 1 heteroatoms. The number of ether oxygens (including phenoxy) is 1. The van der Waals surface area contributed by atoms with Crippen molar-refractivity contribution in [2.75, 3.05) is 0 Å². The Morgan fingerprint density at radius 1 is 0.935 bits per heavy atom. The van der Waals surface area contributed by atoms with E-state index in [2.05, 4.69) is 54.5 Å². The number of fused-ring (bicyclic) bond motifs is 5. The first-order valence-corrected chi connectivity index (χ1v) is 14.0. The van der Waals surface area contributed by atoms with Crippen LogP contribution in [0.3, 0.4) is 0 Å². The van der Waals surface area contributed by atoms with Crippen molar-refractivity contribution in [3.63, 3.8) is 0 Å². The molecule has 0 aromatic carbocycles. The highest BCUT2D eigenvalue weighted by Crippen LogP contribution is 2.67. The van der Waals surface area contributed by atoms with Crippen LogP contribution in [0.25, 0.3) is 0 Å². The van der Waals surface area contributed by atoms with Crippen molar-refractivity contribution in [1.29, 1.82) is 0 Å². The lowest BCUT2D eigenvalue weighted by Crippen LogP contribution is -2.51. The van der Waals surface area contributed by atoms with Gasteiger partial charge in [-0.25, -0.2) is 0 Å². The summed E-state index contributed by atoms with van der Waals surface area (Å²) in [7, 11) is 0. The van der Waals surface area contributed by atoms with Gasteiger partial charge < -0.3 is 4.74 Å². The highest BCUT2D eigenvalue weighted by atomic mass is 16.5. The molecule has 0 saturated heterocycles. The highest BCUT2D eigenvalue weighted by molar-refractivity contribution is 5.25. The Morgan fingerprint density at radius 3 is 2.42 bits per heavy atom.